The molecule has 2 rings (SSSR count). The molecule has 1 fully saturated rings. The summed E-state index contributed by atoms with van der Waals surface area (Å²) in [6.45, 7) is 0.782. The maximum atomic E-state index is 11.9. The molecule has 0 atom stereocenters. The average molecular weight is 234 g/mol. The van der Waals surface area contributed by atoms with Gasteiger partial charge in [-0.1, -0.05) is 6.42 Å². The molecule has 17 heavy (non-hydrogen) atoms. The molecule has 1 aliphatic rings. The zero-order valence-corrected chi connectivity index (χ0v) is 10.1. The van der Waals surface area contributed by atoms with E-state index in [1.54, 1.807) is 7.11 Å². The topological polar surface area (TPSA) is 55.6 Å². The predicted octanol–water partition coefficient (Wildman–Crippen LogP) is 2.18. The minimum Gasteiger partial charge on any atom is -0.495 e. The summed E-state index contributed by atoms with van der Waals surface area (Å²) in [5.41, 5.74) is 7.30. The fourth-order valence-corrected chi connectivity index (χ4v) is 2.15. The van der Waals surface area contributed by atoms with Crippen molar-refractivity contribution in [2.24, 2.45) is 0 Å². The number of benzene rings is 1. The second-order valence-electron chi connectivity index (χ2n) is 4.28. The molecular weight excluding hydrogens is 216 g/mol. The minimum absolute atomic E-state index is 0.187. The maximum absolute atomic E-state index is 11.9. The zero-order valence-electron chi connectivity index (χ0n) is 10.1. The summed E-state index contributed by atoms with van der Waals surface area (Å²) in [5, 5.41) is 0. The van der Waals surface area contributed by atoms with Gasteiger partial charge in [0.05, 0.1) is 12.8 Å². The van der Waals surface area contributed by atoms with E-state index >= 15 is 0 Å². The highest BCUT2D eigenvalue weighted by Gasteiger charge is 2.18. The number of hydrogen-bond acceptors (Lipinski definition) is 3. The van der Waals surface area contributed by atoms with E-state index in [4.69, 9.17) is 10.5 Å². The van der Waals surface area contributed by atoms with Gasteiger partial charge in [0.2, 0.25) is 5.91 Å². The Kier molecular flexibility index (Phi) is 3.52. The molecular formula is C13H18N2O2. The fourth-order valence-electron chi connectivity index (χ4n) is 2.15. The smallest absolute Gasteiger partial charge is 0.226 e. The highest BCUT2D eigenvalue weighted by atomic mass is 16.5. The molecule has 0 spiro atoms. The van der Waals surface area contributed by atoms with Gasteiger partial charge < -0.3 is 15.4 Å². The van der Waals surface area contributed by atoms with Crippen molar-refractivity contribution in [3.05, 3.63) is 18.2 Å². The number of anilines is 2. The second kappa shape index (κ2) is 5.08. The summed E-state index contributed by atoms with van der Waals surface area (Å²) in [6.07, 6.45) is 3.79. The largest absolute Gasteiger partial charge is 0.495 e. The molecule has 1 saturated heterocycles. The van der Waals surface area contributed by atoms with Crippen molar-refractivity contribution in [3.63, 3.8) is 0 Å². The molecule has 0 aliphatic carbocycles. The number of amides is 1. The molecule has 1 aliphatic heterocycles. The van der Waals surface area contributed by atoms with E-state index in [9.17, 15) is 4.79 Å². The van der Waals surface area contributed by atoms with Gasteiger partial charge in [-0.05, 0) is 31.0 Å². The van der Waals surface area contributed by atoms with Gasteiger partial charge in [-0.15, -0.1) is 0 Å². The minimum atomic E-state index is 0.187. The first-order valence-corrected chi connectivity index (χ1v) is 5.96. The normalized spacial score (nSPS) is 16.8. The van der Waals surface area contributed by atoms with E-state index in [0.717, 1.165) is 31.5 Å². The van der Waals surface area contributed by atoms with Gasteiger partial charge in [-0.3, -0.25) is 4.79 Å². The van der Waals surface area contributed by atoms with E-state index in [1.165, 1.54) is 0 Å². The van der Waals surface area contributed by atoms with Crippen LogP contribution in [0.3, 0.4) is 0 Å². The van der Waals surface area contributed by atoms with Gasteiger partial charge in [-0.2, -0.15) is 0 Å². The molecule has 0 aromatic heterocycles. The summed E-state index contributed by atoms with van der Waals surface area (Å²) < 4.78 is 5.11. The van der Waals surface area contributed by atoms with Crippen LogP contribution < -0.4 is 15.4 Å². The summed E-state index contributed by atoms with van der Waals surface area (Å²) in [7, 11) is 1.59. The highest BCUT2D eigenvalue weighted by Crippen LogP contribution is 2.28. The highest BCUT2D eigenvalue weighted by molar-refractivity contribution is 5.94. The third-order valence-corrected chi connectivity index (χ3v) is 3.10. The van der Waals surface area contributed by atoms with Crippen molar-refractivity contribution in [2.75, 3.05) is 24.3 Å². The number of carbonyl (C=O) groups is 1. The van der Waals surface area contributed by atoms with Crippen LogP contribution in [-0.4, -0.2) is 19.6 Å². The zero-order chi connectivity index (χ0) is 12.3. The van der Waals surface area contributed by atoms with Crippen molar-refractivity contribution in [3.8, 4) is 5.75 Å². The van der Waals surface area contributed by atoms with Gasteiger partial charge in [0.1, 0.15) is 5.75 Å². The van der Waals surface area contributed by atoms with E-state index in [2.05, 4.69) is 0 Å². The van der Waals surface area contributed by atoms with Crippen LogP contribution in [0.2, 0.25) is 0 Å². The number of ether oxygens (including phenoxy) is 1. The SMILES string of the molecule is COc1ccc(N2CCCCCC2=O)cc1N. The van der Waals surface area contributed by atoms with Crippen LogP contribution in [-0.2, 0) is 4.79 Å². The van der Waals surface area contributed by atoms with E-state index in [-0.39, 0.29) is 5.91 Å². The first kappa shape index (κ1) is 11.8. The van der Waals surface area contributed by atoms with Crippen molar-refractivity contribution in [2.45, 2.75) is 25.7 Å². The fraction of sp³-hybridized carbons (Fsp3) is 0.462. The molecule has 92 valence electrons. The van der Waals surface area contributed by atoms with Crippen molar-refractivity contribution < 1.29 is 9.53 Å². The first-order valence-electron chi connectivity index (χ1n) is 5.96. The van der Waals surface area contributed by atoms with Crippen molar-refractivity contribution >= 4 is 17.3 Å². The van der Waals surface area contributed by atoms with Gasteiger partial charge in [0.15, 0.2) is 0 Å². The summed E-state index contributed by atoms with van der Waals surface area (Å²) >= 11 is 0. The van der Waals surface area contributed by atoms with Crippen LogP contribution >= 0.6 is 0 Å². The van der Waals surface area contributed by atoms with E-state index in [1.807, 2.05) is 23.1 Å². The lowest BCUT2D eigenvalue weighted by Gasteiger charge is -2.21. The third-order valence-electron chi connectivity index (χ3n) is 3.10. The van der Waals surface area contributed by atoms with Gasteiger partial charge in [0.25, 0.3) is 0 Å². The Hall–Kier alpha value is -1.71. The molecule has 1 heterocycles. The Bertz CT molecular complexity index is 418. The molecule has 0 unspecified atom stereocenters. The summed E-state index contributed by atoms with van der Waals surface area (Å²) in [4.78, 5) is 13.8. The van der Waals surface area contributed by atoms with Gasteiger partial charge in [-0.25, -0.2) is 0 Å². The van der Waals surface area contributed by atoms with Gasteiger partial charge >= 0.3 is 0 Å². The Morgan fingerprint density at radius 2 is 2.12 bits per heavy atom. The van der Waals surface area contributed by atoms with Crippen molar-refractivity contribution in [1.82, 2.24) is 0 Å². The lowest BCUT2D eigenvalue weighted by Crippen LogP contribution is -2.29. The molecule has 4 heteroatoms. The molecule has 4 nitrogen and oxygen atoms in total. The quantitative estimate of drug-likeness (QED) is 0.798. The monoisotopic (exact) mass is 234 g/mol. The Balaban J connectivity index is 2.26. The molecule has 0 saturated carbocycles. The van der Waals surface area contributed by atoms with E-state index in [0.29, 0.717) is 17.9 Å². The number of nitrogens with zero attached hydrogens (tertiary/aromatic N) is 1. The van der Waals surface area contributed by atoms with Crippen LogP contribution in [0.15, 0.2) is 18.2 Å². The Morgan fingerprint density at radius 3 is 2.82 bits per heavy atom. The van der Waals surface area contributed by atoms with E-state index < -0.39 is 0 Å². The molecule has 0 bridgehead atoms. The molecule has 2 N–H and O–H groups in total. The van der Waals surface area contributed by atoms with Crippen LogP contribution in [0.25, 0.3) is 0 Å². The van der Waals surface area contributed by atoms with Crippen molar-refractivity contribution in [1.29, 1.82) is 0 Å². The van der Waals surface area contributed by atoms with Crippen LogP contribution in [0, 0.1) is 0 Å². The van der Waals surface area contributed by atoms with Crippen LogP contribution in [0.4, 0.5) is 11.4 Å². The number of methoxy groups -OCH3 is 1. The standard InChI is InChI=1S/C13H18N2O2/c1-17-12-7-6-10(9-11(12)14)15-8-4-2-3-5-13(15)16/h6-7,9H,2-5,8,14H2,1H3. The van der Waals surface area contributed by atoms with Gasteiger partial charge in [0, 0.05) is 18.7 Å². The molecule has 1 aromatic carbocycles. The summed E-state index contributed by atoms with van der Waals surface area (Å²) in [5.74, 6) is 0.836. The third kappa shape index (κ3) is 2.52. The second-order valence-corrected chi connectivity index (χ2v) is 4.28. The Labute approximate surface area is 101 Å². The lowest BCUT2D eigenvalue weighted by atomic mass is 10.2. The number of nitrogens with two attached hydrogens (primary N) is 1. The predicted molar refractivity (Wildman–Crippen MR) is 68.2 cm³/mol. The number of carbonyl (C=O) groups excluding carboxylic acids is 1. The number of nitrogen functional groups attached to an aromatic ring is 1. The first-order chi connectivity index (χ1) is 8.22. The average Bonchev–Trinajstić information content (AvgIpc) is 2.54. The lowest BCUT2D eigenvalue weighted by molar-refractivity contribution is -0.118. The van der Waals surface area contributed by atoms with Crippen LogP contribution in [0.1, 0.15) is 25.7 Å². The Morgan fingerprint density at radius 1 is 1.29 bits per heavy atom. The number of hydrogen-bond donors (Lipinski definition) is 1. The van der Waals surface area contributed by atoms with Crippen LogP contribution in [0.5, 0.6) is 5.75 Å². The number of rotatable bonds is 2. The molecule has 0 radical (unpaired) electrons. The molecule has 1 amide bonds. The summed E-state index contributed by atoms with van der Waals surface area (Å²) in [6, 6.07) is 5.50. The maximum Gasteiger partial charge on any atom is 0.226 e. The molecule has 1 aromatic rings.